The number of terminal acetylenes is 1. The lowest BCUT2D eigenvalue weighted by atomic mass is 10.2. The molecule has 0 radical (unpaired) electrons. The highest BCUT2D eigenvalue weighted by Gasteiger charge is 1.91. The Morgan fingerprint density at radius 2 is 2.43 bits per heavy atom. The van der Waals surface area contributed by atoms with Gasteiger partial charge < -0.3 is 5.32 Å². The molecule has 0 saturated heterocycles. The Balaban J connectivity index is 3.23. The molecule has 1 heteroatoms. The van der Waals surface area contributed by atoms with E-state index in [2.05, 4.69) is 18.2 Å². The van der Waals surface area contributed by atoms with E-state index in [1.54, 1.807) is 0 Å². The Morgan fingerprint density at radius 1 is 1.86 bits per heavy atom. The van der Waals surface area contributed by atoms with Crippen molar-refractivity contribution in [1.82, 2.24) is 5.32 Å². The Kier molecular flexibility index (Phi) is 3.45. The van der Waals surface area contributed by atoms with Crippen LogP contribution in [0.2, 0.25) is 0 Å². The van der Waals surface area contributed by atoms with Gasteiger partial charge in [0.15, 0.2) is 0 Å². The van der Waals surface area contributed by atoms with Gasteiger partial charge in [0.2, 0.25) is 0 Å². The van der Waals surface area contributed by atoms with Crippen LogP contribution < -0.4 is 5.32 Å². The zero-order valence-electron chi connectivity index (χ0n) is 4.86. The molecule has 0 aliphatic rings. The first-order chi connectivity index (χ1) is 3.35. The van der Waals surface area contributed by atoms with Crippen LogP contribution in [-0.4, -0.2) is 13.1 Å². The molecule has 0 spiro atoms. The molecule has 0 saturated carbocycles. The minimum Gasteiger partial charge on any atom is -0.307 e. The van der Waals surface area contributed by atoms with Gasteiger partial charge in [0.1, 0.15) is 0 Å². The summed E-state index contributed by atoms with van der Waals surface area (Å²) in [6, 6.07) is 0.264. The molecule has 0 rings (SSSR count). The molecule has 0 aliphatic carbocycles. The summed E-state index contributed by atoms with van der Waals surface area (Å²) >= 11 is 0. The zero-order chi connectivity index (χ0) is 5.70. The van der Waals surface area contributed by atoms with E-state index >= 15 is 0 Å². The Labute approximate surface area is 45.1 Å². The van der Waals surface area contributed by atoms with Gasteiger partial charge >= 0.3 is 0 Å². The second-order valence-corrected chi connectivity index (χ2v) is 1.42. The van der Waals surface area contributed by atoms with Gasteiger partial charge in [-0.2, -0.15) is 0 Å². The predicted molar refractivity (Wildman–Crippen MR) is 32.0 cm³/mol. The van der Waals surface area contributed by atoms with Gasteiger partial charge in [-0.05, 0) is 13.5 Å². The van der Waals surface area contributed by atoms with E-state index in [9.17, 15) is 0 Å². The van der Waals surface area contributed by atoms with E-state index in [4.69, 9.17) is 6.42 Å². The van der Waals surface area contributed by atoms with Crippen molar-refractivity contribution in [3.63, 3.8) is 0 Å². The molecule has 0 amide bonds. The fourth-order valence-corrected chi connectivity index (χ4v) is 0.405. The molecule has 0 aromatic heterocycles. The fourth-order valence-electron chi connectivity index (χ4n) is 0.405. The van der Waals surface area contributed by atoms with Gasteiger partial charge in [-0.3, -0.25) is 0 Å². The summed E-state index contributed by atoms with van der Waals surface area (Å²) in [4.78, 5) is 0. The van der Waals surface area contributed by atoms with Crippen LogP contribution in [0.1, 0.15) is 13.3 Å². The highest BCUT2D eigenvalue weighted by molar-refractivity contribution is 4.96. The van der Waals surface area contributed by atoms with Crippen LogP contribution in [-0.2, 0) is 0 Å². The van der Waals surface area contributed by atoms with Crippen molar-refractivity contribution in [2.75, 3.05) is 7.05 Å². The number of hydrogen-bond donors (Lipinski definition) is 1. The first kappa shape index (κ1) is 6.52. The van der Waals surface area contributed by atoms with Crippen molar-refractivity contribution in [3.05, 3.63) is 0 Å². The van der Waals surface area contributed by atoms with E-state index in [1.807, 2.05) is 7.05 Å². The maximum atomic E-state index is 5.08. The van der Waals surface area contributed by atoms with E-state index in [0.717, 1.165) is 6.42 Å². The molecule has 0 bridgehead atoms. The number of hydrogen-bond acceptors (Lipinski definition) is 1. The van der Waals surface area contributed by atoms with Crippen LogP contribution >= 0.6 is 0 Å². The number of nitrogens with one attached hydrogen (secondary N) is 1. The van der Waals surface area contributed by atoms with Crippen LogP contribution in [0.5, 0.6) is 0 Å². The van der Waals surface area contributed by atoms with Crippen molar-refractivity contribution >= 4 is 0 Å². The Hall–Kier alpha value is -0.480. The highest BCUT2D eigenvalue weighted by Crippen LogP contribution is 1.82. The highest BCUT2D eigenvalue weighted by atomic mass is 14.8. The van der Waals surface area contributed by atoms with Crippen molar-refractivity contribution in [2.24, 2.45) is 0 Å². The molecule has 1 N–H and O–H groups in total. The molecule has 1 nitrogen and oxygen atoms in total. The molecule has 0 aromatic carbocycles. The van der Waals surface area contributed by atoms with Crippen molar-refractivity contribution in [2.45, 2.75) is 19.4 Å². The lowest BCUT2D eigenvalue weighted by Crippen LogP contribution is -2.21. The van der Waals surface area contributed by atoms with E-state index in [0.29, 0.717) is 0 Å². The zero-order valence-corrected chi connectivity index (χ0v) is 4.86. The normalized spacial score (nSPS) is 12.7. The molecular weight excluding hydrogens is 86.1 g/mol. The third kappa shape index (κ3) is 2.24. The average molecular weight is 97.2 g/mol. The molecule has 40 valence electrons. The van der Waals surface area contributed by atoms with Crippen molar-refractivity contribution in [1.29, 1.82) is 0 Å². The van der Waals surface area contributed by atoms with Gasteiger partial charge in [-0.25, -0.2) is 0 Å². The first-order valence-electron chi connectivity index (χ1n) is 2.48. The molecule has 0 aliphatic heterocycles. The van der Waals surface area contributed by atoms with Crippen molar-refractivity contribution in [3.8, 4) is 12.3 Å². The summed E-state index contributed by atoms with van der Waals surface area (Å²) < 4.78 is 0. The maximum Gasteiger partial charge on any atom is 0.0681 e. The lowest BCUT2D eigenvalue weighted by molar-refractivity contribution is 0.666. The predicted octanol–water partition coefficient (Wildman–Crippen LogP) is 0.618. The molecule has 7 heavy (non-hydrogen) atoms. The smallest absolute Gasteiger partial charge is 0.0681 e. The van der Waals surface area contributed by atoms with Gasteiger partial charge in [-0.1, -0.05) is 12.8 Å². The molecule has 0 aromatic rings. The van der Waals surface area contributed by atoms with Crippen LogP contribution in [0.25, 0.3) is 0 Å². The lowest BCUT2D eigenvalue weighted by Gasteiger charge is -2.01. The van der Waals surface area contributed by atoms with Crippen molar-refractivity contribution < 1.29 is 0 Å². The van der Waals surface area contributed by atoms with E-state index in [1.165, 1.54) is 0 Å². The van der Waals surface area contributed by atoms with E-state index in [-0.39, 0.29) is 6.04 Å². The second kappa shape index (κ2) is 3.70. The minimum atomic E-state index is 0.264. The van der Waals surface area contributed by atoms with Crippen LogP contribution in [0.3, 0.4) is 0 Å². The summed E-state index contributed by atoms with van der Waals surface area (Å²) in [6.45, 7) is 2.06. The SMILES string of the molecule is C#CC(CC)NC. The monoisotopic (exact) mass is 97.1 g/mol. The molecule has 1 atom stereocenters. The molecule has 1 unspecified atom stereocenters. The summed E-state index contributed by atoms with van der Waals surface area (Å²) in [6.07, 6.45) is 6.09. The standard InChI is InChI=1S/C6H11N/c1-4-6(5-2)7-3/h1,6-7H,5H2,2-3H3. The van der Waals surface area contributed by atoms with Gasteiger partial charge in [0, 0.05) is 0 Å². The average Bonchev–Trinajstić information content (AvgIpc) is 1.72. The Bertz CT molecular complexity index is 66.7. The third-order valence-electron chi connectivity index (χ3n) is 0.958. The molecule has 0 heterocycles. The van der Waals surface area contributed by atoms with E-state index < -0.39 is 0 Å². The first-order valence-corrected chi connectivity index (χ1v) is 2.48. The van der Waals surface area contributed by atoms with Gasteiger partial charge in [0.05, 0.1) is 6.04 Å². The molecule has 0 fully saturated rings. The Morgan fingerprint density at radius 3 is 2.43 bits per heavy atom. The van der Waals surface area contributed by atoms with Gasteiger partial charge in [-0.15, -0.1) is 6.42 Å². The van der Waals surface area contributed by atoms with Gasteiger partial charge in [0.25, 0.3) is 0 Å². The largest absolute Gasteiger partial charge is 0.307 e. The molecular formula is C6H11N. The summed E-state index contributed by atoms with van der Waals surface area (Å²) in [5.74, 6) is 2.59. The van der Waals surface area contributed by atoms with Crippen LogP contribution in [0.15, 0.2) is 0 Å². The third-order valence-corrected chi connectivity index (χ3v) is 0.958. The summed E-state index contributed by atoms with van der Waals surface area (Å²) in [5.41, 5.74) is 0. The summed E-state index contributed by atoms with van der Waals surface area (Å²) in [5, 5.41) is 2.97. The van der Waals surface area contributed by atoms with Crippen LogP contribution in [0, 0.1) is 12.3 Å². The second-order valence-electron chi connectivity index (χ2n) is 1.42. The summed E-state index contributed by atoms with van der Waals surface area (Å²) in [7, 11) is 1.87. The fraction of sp³-hybridized carbons (Fsp3) is 0.667. The maximum absolute atomic E-state index is 5.08. The quantitative estimate of drug-likeness (QED) is 0.498. The topological polar surface area (TPSA) is 12.0 Å². The van der Waals surface area contributed by atoms with Crippen LogP contribution in [0.4, 0.5) is 0 Å². The number of rotatable bonds is 2. The minimum absolute atomic E-state index is 0.264.